The van der Waals surface area contributed by atoms with Crippen molar-refractivity contribution in [2.24, 2.45) is 0 Å². The van der Waals surface area contributed by atoms with Gasteiger partial charge in [-0.25, -0.2) is 0 Å². The van der Waals surface area contributed by atoms with Gasteiger partial charge in [0.15, 0.2) is 0 Å². The fourth-order valence-corrected chi connectivity index (χ4v) is 1.37. The average Bonchev–Trinajstić information content (AvgIpc) is 2.14. The number of alkyl halides is 1. The normalized spacial score (nSPS) is 11.3. The molecular weight excluding hydrogens is 196 g/mol. The molecule has 0 saturated carbocycles. The van der Waals surface area contributed by atoms with E-state index in [1.807, 2.05) is 0 Å². The van der Waals surface area contributed by atoms with E-state index in [2.05, 4.69) is 37.4 Å². The standard InChI is InChI=1S/C11H23ClN2/c1-5-6-14(8-7-13(3)4)10-11(2)9-12/h2,5-10H2,1,3-4H3. The van der Waals surface area contributed by atoms with Gasteiger partial charge >= 0.3 is 0 Å². The summed E-state index contributed by atoms with van der Waals surface area (Å²) in [5, 5.41) is 0. The number of rotatable bonds is 8. The Hall–Kier alpha value is -0.0500. The van der Waals surface area contributed by atoms with Gasteiger partial charge < -0.3 is 4.90 Å². The maximum atomic E-state index is 5.72. The molecule has 3 heteroatoms. The van der Waals surface area contributed by atoms with Gasteiger partial charge in [0.05, 0.1) is 0 Å². The van der Waals surface area contributed by atoms with Gasteiger partial charge in [0.25, 0.3) is 0 Å². The van der Waals surface area contributed by atoms with Crippen molar-refractivity contribution in [3.05, 3.63) is 12.2 Å². The predicted octanol–water partition coefficient (Wildman–Crippen LogP) is 2.06. The Morgan fingerprint density at radius 1 is 1.21 bits per heavy atom. The summed E-state index contributed by atoms with van der Waals surface area (Å²) in [4.78, 5) is 4.61. The second-order valence-electron chi connectivity index (χ2n) is 3.96. The Morgan fingerprint density at radius 3 is 2.29 bits per heavy atom. The molecule has 0 aliphatic rings. The summed E-state index contributed by atoms with van der Waals surface area (Å²) in [5.74, 6) is 0.572. The van der Waals surface area contributed by atoms with Gasteiger partial charge in [0.1, 0.15) is 0 Å². The fourth-order valence-electron chi connectivity index (χ4n) is 1.29. The second-order valence-corrected chi connectivity index (χ2v) is 4.23. The molecule has 84 valence electrons. The number of hydrogen-bond donors (Lipinski definition) is 0. The van der Waals surface area contributed by atoms with E-state index >= 15 is 0 Å². The van der Waals surface area contributed by atoms with Crippen molar-refractivity contribution in [3.63, 3.8) is 0 Å². The van der Waals surface area contributed by atoms with Gasteiger partial charge in [0.2, 0.25) is 0 Å². The van der Waals surface area contributed by atoms with E-state index in [9.17, 15) is 0 Å². The zero-order valence-corrected chi connectivity index (χ0v) is 10.5. The third-order valence-corrected chi connectivity index (χ3v) is 2.42. The van der Waals surface area contributed by atoms with Crippen LogP contribution in [0.1, 0.15) is 13.3 Å². The highest BCUT2D eigenvalue weighted by molar-refractivity contribution is 6.19. The molecule has 2 nitrogen and oxygen atoms in total. The molecular formula is C11H23ClN2. The van der Waals surface area contributed by atoms with Crippen molar-refractivity contribution in [2.45, 2.75) is 13.3 Å². The van der Waals surface area contributed by atoms with Crippen molar-refractivity contribution < 1.29 is 0 Å². The van der Waals surface area contributed by atoms with Crippen LogP contribution < -0.4 is 0 Å². The molecule has 0 unspecified atom stereocenters. The lowest BCUT2D eigenvalue weighted by Gasteiger charge is -2.23. The number of hydrogen-bond acceptors (Lipinski definition) is 2. The van der Waals surface area contributed by atoms with E-state index in [0.29, 0.717) is 5.88 Å². The van der Waals surface area contributed by atoms with Gasteiger partial charge in [-0.3, -0.25) is 4.90 Å². The number of likely N-dealkylation sites (N-methyl/N-ethyl adjacent to an activating group) is 1. The SMILES string of the molecule is C=C(CCl)CN(CCC)CCN(C)C. The van der Waals surface area contributed by atoms with Gasteiger partial charge in [0, 0.05) is 25.5 Å². The third-order valence-electron chi connectivity index (χ3n) is 2.04. The molecule has 0 saturated heterocycles. The molecule has 0 atom stereocenters. The maximum Gasteiger partial charge on any atom is 0.0443 e. The van der Waals surface area contributed by atoms with Crippen LogP contribution in [0.15, 0.2) is 12.2 Å². The molecule has 0 N–H and O–H groups in total. The molecule has 0 bridgehead atoms. The molecule has 0 rings (SSSR count). The van der Waals surface area contributed by atoms with E-state index < -0.39 is 0 Å². The summed E-state index contributed by atoms with van der Waals surface area (Å²) in [5.41, 5.74) is 1.11. The number of halogens is 1. The molecule has 0 fully saturated rings. The molecule has 14 heavy (non-hydrogen) atoms. The topological polar surface area (TPSA) is 6.48 Å². The molecule has 0 heterocycles. The Kier molecular flexibility index (Phi) is 8.24. The Labute approximate surface area is 93.5 Å². The van der Waals surface area contributed by atoms with Crippen molar-refractivity contribution in [1.29, 1.82) is 0 Å². The summed E-state index contributed by atoms with van der Waals surface area (Å²) in [6, 6.07) is 0. The quantitative estimate of drug-likeness (QED) is 0.455. The van der Waals surface area contributed by atoms with Gasteiger partial charge in [-0.2, -0.15) is 0 Å². The van der Waals surface area contributed by atoms with Crippen LogP contribution >= 0.6 is 11.6 Å². The smallest absolute Gasteiger partial charge is 0.0443 e. The lowest BCUT2D eigenvalue weighted by atomic mass is 10.3. The minimum absolute atomic E-state index is 0.572. The van der Waals surface area contributed by atoms with E-state index in [1.54, 1.807) is 0 Å². The van der Waals surface area contributed by atoms with Crippen LogP contribution in [0.2, 0.25) is 0 Å². The van der Waals surface area contributed by atoms with E-state index in [1.165, 1.54) is 6.42 Å². The maximum absolute atomic E-state index is 5.72. The lowest BCUT2D eigenvalue weighted by molar-refractivity contribution is 0.257. The summed E-state index contributed by atoms with van der Waals surface area (Å²) < 4.78 is 0. The van der Waals surface area contributed by atoms with E-state index in [4.69, 9.17) is 11.6 Å². The van der Waals surface area contributed by atoms with Crippen LogP contribution in [-0.4, -0.2) is 56.0 Å². The number of nitrogens with zero attached hydrogens (tertiary/aromatic N) is 2. The molecule has 0 aliphatic carbocycles. The van der Waals surface area contributed by atoms with Gasteiger partial charge in [-0.1, -0.05) is 13.5 Å². The first kappa shape index (κ1) is 13.9. The molecule has 0 aliphatic heterocycles. The largest absolute Gasteiger partial charge is 0.308 e. The third kappa shape index (κ3) is 7.36. The first-order valence-electron chi connectivity index (χ1n) is 5.19. The highest BCUT2D eigenvalue weighted by Crippen LogP contribution is 2.00. The Morgan fingerprint density at radius 2 is 1.86 bits per heavy atom. The fraction of sp³-hybridized carbons (Fsp3) is 0.818. The highest BCUT2D eigenvalue weighted by Gasteiger charge is 2.05. The summed E-state index contributed by atoms with van der Waals surface area (Å²) in [6.07, 6.45) is 1.18. The summed E-state index contributed by atoms with van der Waals surface area (Å²) >= 11 is 5.72. The van der Waals surface area contributed by atoms with Crippen molar-refractivity contribution in [2.75, 3.05) is 46.2 Å². The molecule has 0 spiro atoms. The Bertz CT molecular complexity index is 157. The van der Waals surface area contributed by atoms with Crippen molar-refractivity contribution >= 4 is 11.6 Å². The van der Waals surface area contributed by atoms with Crippen LogP contribution in [-0.2, 0) is 0 Å². The minimum atomic E-state index is 0.572. The molecule has 0 aromatic rings. The Balaban J connectivity index is 3.82. The van der Waals surface area contributed by atoms with Gasteiger partial charge in [-0.15, -0.1) is 11.6 Å². The van der Waals surface area contributed by atoms with Crippen LogP contribution in [0.25, 0.3) is 0 Å². The summed E-state index contributed by atoms with van der Waals surface area (Å²) in [7, 11) is 4.20. The van der Waals surface area contributed by atoms with E-state index in [-0.39, 0.29) is 0 Å². The zero-order chi connectivity index (χ0) is 11.0. The summed E-state index contributed by atoms with van der Waals surface area (Å²) in [6.45, 7) is 10.4. The molecule has 0 radical (unpaired) electrons. The monoisotopic (exact) mass is 218 g/mol. The van der Waals surface area contributed by atoms with Crippen LogP contribution in [0.4, 0.5) is 0 Å². The van der Waals surface area contributed by atoms with Crippen LogP contribution in [0.5, 0.6) is 0 Å². The molecule has 0 aromatic carbocycles. The zero-order valence-electron chi connectivity index (χ0n) is 9.72. The van der Waals surface area contributed by atoms with Crippen molar-refractivity contribution in [3.8, 4) is 0 Å². The second kappa shape index (κ2) is 8.27. The van der Waals surface area contributed by atoms with Gasteiger partial charge in [-0.05, 0) is 32.6 Å². The molecule has 0 amide bonds. The minimum Gasteiger partial charge on any atom is -0.308 e. The predicted molar refractivity (Wildman–Crippen MR) is 65.1 cm³/mol. The first-order valence-corrected chi connectivity index (χ1v) is 5.73. The van der Waals surface area contributed by atoms with Crippen molar-refractivity contribution in [1.82, 2.24) is 9.80 Å². The first-order chi connectivity index (χ1) is 6.60. The van der Waals surface area contributed by atoms with Crippen LogP contribution in [0.3, 0.4) is 0 Å². The highest BCUT2D eigenvalue weighted by atomic mass is 35.5. The average molecular weight is 219 g/mol. The lowest BCUT2D eigenvalue weighted by Crippen LogP contribution is -2.33. The van der Waals surface area contributed by atoms with Crippen LogP contribution in [0, 0.1) is 0 Å². The molecule has 0 aromatic heterocycles. The van der Waals surface area contributed by atoms with E-state index in [0.717, 1.165) is 31.8 Å².